The minimum atomic E-state index is -0.517. The molecule has 0 saturated heterocycles. The van der Waals surface area contributed by atoms with E-state index in [9.17, 15) is 5.11 Å². The molecule has 0 aliphatic carbocycles. The van der Waals surface area contributed by atoms with E-state index in [4.69, 9.17) is 4.74 Å². The van der Waals surface area contributed by atoms with Crippen LogP contribution in [0.5, 0.6) is 0 Å². The van der Waals surface area contributed by atoms with Gasteiger partial charge >= 0.3 is 0 Å². The number of hydrogen-bond acceptors (Lipinski definition) is 4. The molecule has 0 rings (SSSR count). The van der Waals surface area contributed by atoms with Crippen molar-refractivity contribution in [2.75, 3.05) is 27.7 Å². The van der Waals surface area contributed by atoms with Gasteiger partial charge in [0.05, 0.1) is 13.2 Å². The number of allylic oxidation sites excluding steroid dienone is 3. The van der Waals surface area contributed by atoms with Gasteiger partial charge in [0.15, 0.2) is 5.90 Å². The second-order valence-electron chi connectivity index (χ2n) is 6.36. The van der Waals surface area contributed by atoms with Crippen molar-refractivity contribution in [3.05, 3.63) is 35.1 Å². The largest absolute Gasteiger partial charge is 0.484 e. The van der Waals surface area contributed by atoms with Crippen LogP contribution >= 0.6 is 0 Å². The van der Waals surface area contributed by atoms with Gasteiger partial charge < -0.3 is 14.7 Å². The van der Waals surface area contributed by atoms with E-state index < -0.39 is 6.10 Å². The minimum absolute atomic E-state index is 0.517. The standard InChI is InChI=1S/C21H38N2O2/c1-8-12-18(15-16-23(5)6)21(24)17(9-2)13-14-19(10-3)22-20(11-4)25-7/h13-15,21,24H,8-12,16H2,1-7H3/b17-13+,18-15+,19-14+,22-20?. The monoisotopic (exact) mass is 350 g/mol. The van der Waals surface area contributed by atoms with Gasteiger partial charge in [-0.05, 0) is 50.6 Å². The predicted octanol–water partition coefficient (Wildman–Crippen LogP) is 4.72. The van der Waals surface area contributed by atoms with Crippen LogP contribution in [0.3, 0.4) is 0 Å². The van der Waals surface area contributed by atoms with Crippen LogP contribution in [-0.2, 0) is 4.74 Å². The summed E-state index contributed by atoms with van der Waals surface area (Å²) in [6, 6.07) is 0. The van der Waals surface area contributed by atoms with Gasteiger partial charge in [-0.25, -0.2) is 4.99 Å². The summed E-state index contributed by atoms with van der Waals surface area (Å²) in [6.07, 6.45) is 10.0. The zero-order valence-electron chi connectivity index (χ0n) is 17.3. The Morgan fingerprint density at radius 2 is 1.72 bits per heavy atom. The Balaban J connectivity index is 5.49. The van der Waals surface area contributed by atoms with Crippen molar-refractivity contribution in [2.24, 2.45) is 4.99 Å². The first-order valence-electron chi connectivity index (χ1n) is 9.46. The van der Waals surface area contributed by atoms with Crippen molar-refractivity contribution in [1.82, 2.24) is 4.90 Å². The van der Waals surface area contributed by atoms with E-state index in [0.717, 1.165) is 61.4 Å². The molecule has 4 heteroatoms. The summed E-state index contributed by atoms with van der Waals surface area (Å²) in [4.78, 5) is 6.66. The van der Waals surface area contributed by atoms with Gasteiger partial charge in [-0.2, -0.15) is 0 Å². The van der Waals surface area contributed by atoms with E-state index in [0.29, 0.717) is 0 Å². The van der Waals surface area contributed by atoms with E-state index in [-0.39, 0.29) is 0 Å². The van der Waals surface area contributed by atoms with Gasteiger partial charge in [-0.15, -0.1) is 0 Å². The van der Waals surface area contributed by atoms with Crippen LogP contribution in [0.15, 0.2) is 40.1 Å². The summed E-state index contributed by atoms with van der Waals surface area (Å²) in [5.41, 5.74) is 3.09. The number of rotatable bonds is 11. The average molecular weight is 351 g/mol. The maximum absolute atomic E-state index is 10.8. The molecule has 0 aliphatic rings. The highest BCUT2D eigenvalue weighted by atomic mass is 16.5. The lowest BCUT2D eigenvalue weighted by Gasteiger charge is -2.18. The van der Waals surface area contributed by atoms with Crippen molar-refractivity contribution >= 4 is 5.90 Å². The summed E-state index contributed by atoms with van der Waals surface area (Å²) in [7, 11) is 5.73. The molecule has 0 aromatic rings. The van der Waals surface area contributed by atoms with E-state index in [1.54, 1.807) is 7.11 Å². The molecule has 1 atom stereocenters. The number of methoxy groups -OCH3 is 1. The van der Waals surface area contributed by atoms with Gasteiger partial charge in [-0.1, -0.05) is 46.3 Å². The number of aliphatic hydroxyl groups is 1. The molecule has 25 heavy (non-hydrogen) atoms. The Kier molecular flexibility index (Phi) is 13.1. The molecule has 0 radical (unpaired) electrons. The highest BCUT2D eigenvalue weighted by molar-refractivity contribution is 5.76. The highest BCUT2D eigenvalue weighted by Crippen LogP contribution is 2.20. The summed E-state index contributed by atoms with van der Waals surface area (Å²) in [5.74, 6) is 0.734. The number of ether oxygens (including phenoxy) is 1. The zero-order valence-corrected chi connectivity index (χ0v) is 17.3. The van der Waals surface area contributed by atoms with Gasteiger partial charge in [0.1, 0.15) is 0 Å². The molecule has 0 aromatic carbocycles. The van der Waals surface area contributed by atoms with Crippen LogP contribution in [0.2, 0.25) is 0 Å². The normalized spacial score (nSPS) is 15.7. The lowest BCUT2D eigenvalue weighted by Crippen LogP contribution is -2.17. The van der Waals surface area contributed by atoms with Crippen molar-refractivity contribution in [3.63, 3.8) is 0 Å². The van der Waals surface area contributed by atoms with E-state index in [1.807, 2.05) is 33.2 Å². The smallest absolute Gasteiger partial charge is 0.187 e. The zero-order chi connectivity index (χ0) is 19.2. The summed E-state index contributed by atoms with van der Waals surface area (Å²) < 4.78 is 5.26. The fraction of sp³-hybridized carbons (Fsp3) is 0.667. The molecular formula is C21H38N2O2. The lowest BCUT2D eigenvalue weighted by molar-refractivity contribution is 0.237. The third-order valence-corrected chi connectivity index (χ3v) is 4.03. The third kappa shape index (κ3) is 9.61. The number of aliphatic imine (C=N–C) groups is 1. The van der Waals surface area contributed by atoms with E-state index in [2.05, 4.69) is 36.7 Å². The van der Waals surface area contributed by atoms with Crippen LogP contribution in [0, 0.1) is 0 Å². The lowest BCUT2D eigenvalue weighted by atomic mass is 9.95. The van der Waals surface area contributed by atoms with Crippen molar-refractivity contribution in [1.29, 1.82) is 0 Å². The number of likely N-dealkylation sites (N-methyl/N-ethyl adjacent to an activating group) is 1. The number of nitrogens with zero attached hydrogens (tertiary/aromatic N) is 2. The maximum Gasteiger partial charge on any atom is 0.187 e. The molecule has 4 nitrogen and oxygen atoms in total. The second kappa shape index (κ2) is 13.9. The first-order chi connectivity index (χ1) is 11.9. The molecule has 0 fully saturated rings. The quantitative estimate of drug-likeness (QED) is 0.254. The van der Waals surface area contributed by atoms with Crippen LogP contribution in [0.4, 0.5) is 0 Å². The molecule has 144 valence electrons. The second-order valence-corrected chi connectivity index (χ2v) is 6.36. The van der Waals surface area contributed by atoms with Gasteiger partial charge in [0.2, 0.25) is 0 Å². The Morgan fingerprint density at radius 1 is 1.04 bits per heavy atom. The predicted molar refractivity (Wildman–Crippen MR) is 109 cm³/mol. The molecule has 0 saturated carbocycles. The third-order valence-electron chi connectivity index (χ3n) is 4.03. The molecular weight excluding hydrogens is 312 g/mol. The van der Waals surface area contributed by atoms with E-state index >= 15 is 0 Å². The fourth-order valence-corrected chi connectivity index (χ4v) is 2.45. The van der Waals surface area contributed by atoms with Gasteiger partial charge in [0, 0.05) is 18.7 Å². The first kappa shape index (κ1) is 23.6. The topological polar surface area (TPSA) is 45.1 Å². The summed E-state index contributed by atoms with van der Waals surface area (Å²) in [5, 5.41) is 10.8. The molecule has 1 N–H and O–H groups in total. The van der Waals surface area contributed by atoms with Gasteiger partial charge in [-0.3, -0.25) is 0 Å². The van der Waals surface area contributed by atoms with E-state index in [1.165, 1.54) is 0 Å². The van der Waals surface area contributed by atoms with Crippen molar-refractivity contribution in [3.8, 4) is 0 Å². The number of hydrogen-bond donors (Lipinski definition) is 1. The molecule has 0 amide bonds. The summed E-state index contributed by atoms with van der Waals surface area (Å²) in [6.45, 7) is 9.18. The van der Waals surface area contributed by atoms with Crippen LogP contribution in [0.25, 0.3) is 0 Å². The first-order valence-corrected chi connectivity index (χ1v) is 9.46. The Morgan fingerprint density at radius 3 is 2.16 bits per heavy atom. The average Bonchev–Trinajstić information content (AvgIpc) is 2.61. The molecule has 0 aliphatic heterocycles. The molecule has 1 unspecified atom stereocenters. The minimum Gasteiger partial charge on any atom is -0.484 e. The van der Waals surface area contributed by atoms with Gasteiger partial charge in [0.25, 0.3) is 0 Å². The van der Waals surface area contributed by atoms with Crippen molar-refractivity contribution < 1.29 is 9.84 Å². The molecule has 0 aromatic heterocycles. The Labute approximate surface area is 155 Å². The molecule has 0 spiro atoms. The molecule has 0 bridgehead atoms. The van der Waals surface area contributed by atoms with Crippen LogP contribution < -0.4 is 0 Å². The summed E-state index contributed by atoms with van der Waals surface area (Å²) >= 11 is 0. The van der Waals surface area contributed by atoms with Crippen LogP contribution in [-0.4, -0.2) is 49.8 Å². The number of aliphatic hydroxyl groups excluding tert-OH is 1. The SMILES string of the molecule is CCC/C(=C\CN(C)C)C(O)/C(=C/C=C(\CC)N=C(CC)OC)CC. The Hall–Kier alpha value is -1.39. The molecule has 0 heterocycles. The maximum atomic E-state index is 10.8. The Bertz CT molecular complexity index is 482. The van der Waals surface area contributed by atoms with Crippen LogP contribution in [0.1, 0.15) is 59.8 Å². The highest BCUT2D eigenvalue weighted by Gasteiger charge is 2.14. The fourth-order valence-electron chi connectivity index (χ4n) is 2.45. The van der Waals surface area contributed by atoms with Crippen molar-refractivity contribution in [2.45, 2.75) is 65.9 Å².